The number of thiazole rings is 1. The van der Waals surface area contributed by atoms with Crippen LogP contribution in [0.1, 0.15) is 24.5 Å². The third-order valence-electron chi connectivity index (χ3n) is 2.90. The first-order valence-electron chi connectivity index (χ1n) is 7.36. The number of hydrogen-bond donors (Lipinski definition) is 1. The minimum Gasteiger partial charge on any atom is -0.494 e. The number of nitrogens with zero attached hydrogens (tertiary/aromatic N) is 2. The Hall–Kier alpha value is -2.52. The summed E-state index contributed by atoms with van der Waals surface area (Å²) in [5.41, 5.74) is 2.13. The largest absolute Gasteiger partial charge is 0.494 e. The lowest BCUT2D eigenvalue weighted by molar-refractivity contribution is 0.332. The summed E-state index contributed by atoms with van der Waals surface area (Å²) in [7, 11) is 0. The molecule has 1 aromatic carbocycles. The van der Waals surface area contributed by atoms with Crippen molar-refractivity contribution in [3.8, 4) is 17.6 Å². The number of aromatic nitrogens is 1. The van der Waals surface area contributed by atoms with Gasteiger partial charge >= 0.3 is 0 Å². The van der Waals surface area contributed by atoms with Gasteiger partial charge in [0.1, 0.15) is 28.1 Å². The van der Waals surface area contributed by atoms with Gasteiger partial charge < -0.3 is 14.8 Å². The van der Waals surface area contributed by atoms with Crippen LogP contribution in [-0.4, -0.2) is 18.2 Å². The van der Waals surface area contributed by atoms with E-state index in [0.717, 1.165) is 17.1 Å². The molecule has 0 aliphatic rings. The molecule has 2 aromatic rings. The van der Waals surface area contributed by atoms with Crippen LogP contribution in [0.15, 0.2) is 29.8 Å². The zero-order valence-corrected chi connectivity index (χ0v) is 14.2. The number of nitrogens with one attached hydrogen (secondary N) is 1. The predicted octanol–water partition coefficient (Wildman–Crippen LogP) is 4.23. The maximum Gasteiger partial charge on any atom is 0.142 e. The van der Waals surface area contributed by atoms with E-state index in [1.165, 1.54) is 11.3 Å². The summed E-state index contributed by atoms with van der Waals surface area (Å²) < 4.78 is 11.1. The van der Waals surface area contributed by atoms with Crippen molar-refractivity contribution in [2.75, 3.05) is 18.5 Å². The van der Waals surface area contributed by atoms with Crippen LogP contribution in [0.5, 0.6) is 11.5 Å². The number of rotatable bonds is 7. The van der Waals surface area contributed by atoms with Crippen LogP contribution in [-0.2, 0) is 0 Å². The fourth-order valence-corrected chi connectivity index (χ4v) is 2.69. The Bertz CT molecular complexity index is 732. The second-order valence-corrected chi connectivity index (χ2v) is 5.49. The smallest absolute Gasteiger partial charge is 0.142 e. The number of ether oxygens (including phenoxy) is 2. The molecular formula is C17H19N3O2S. The molecule has 0 saturated heterocycles. The third-order valence-corrected chi connectivity index (χ3v) is 3.90. The first-order valence-corrected chi connectivity index (χ1v) is 8.24. The van der Waals surface area contributed by atoms with Crippen LogP contribution in [0, 0.1) is 18.3 Å². The van der Waals surface area contributed by atoms with Gasteiger partial charge in [-0.2, -0.15) is 5.26 Å². The van der Waals surface area contributed by atoms with Crippen molar-refractivity contribution < 1.29 is 9.47 Å². The van der Waals surface area contributed by atoms with E-state index >= 15 is 0 Å². The van der Waals surface area contributed by atoms with Crippen LogP contribution in [0.4, 0.5) is 5.69 Å². The minimum absolute atomic E-state index is 0.479. The SMILES string of the molecule is CCOc1ccc(OCC)c(N/C=C(\C#N)c2nc(C)cs2)c1. The van der Waals surface area contributed by atoms with Gasteiger partial charge in [-0.25, -0.2) is 4.98 Å². The van der Waals surface area contributed by atoms with Crippen molar-refractivity contribution in [1.29, 1.82) is 5.26 Å². The zero-order valence-electron chi connectivity index (χ0n) is 13.4. The van der Waals surface area contributed by atoms with Gasteiger partial charge in [-0.15, -0.1) is 11.3 Å². The average molecular weight is 329 g/mol. The number of allylic oxidation sites excluding steroid dienone is 1. The highest BCUT2D eigenvalue weighted by molar-refractivity contribution is 7.10. The molecule has 0 aliphatic carbocycles. The Morgan fingerprint density at radius 3 is 2.74 bits per heavy atom. The van der Waals surface area contributed by atoms with E-state index in [2.05, 4.69) is 16.4 Å². The van der Waals surface area contributed by atoms with E-state index < -0.39 is 0 Å². The molecule has 1 aromatic heterocycles. The molecule has 0 fully saturated rings. The third kappa shape index (κ3) is 4.47. The minimum atomic E-state index is 0.479. The molecule has 2 rings (SSSR count). The van der Waals surface area contributed by atoms with Crippen molar-refractivity contribution in [3.63, 3.8) is 0 Å². The van der Waals surface area contributed by atoms with E-state index in [-0.39, 0.29) is 0 Å². The van der Waals surface area contributed by atoms with Gasteiger partial charge in [0.2, 0.25) is 0 Å². The number of nitriles is 1. The van der Waals surface area contributed by atoms with Gasteiger partial charge in [0, 0.05) is 23.3 Å². The Kier molecular flexibility index (Phi) is 6.01. The molecule has 0 spiro atoms. The fraction of sp³-hybridized carbons (Fsp3) is 0.294. The Balaban J connectivity index is 2.27. The fourth-order valence-electron chi connectivity index (χ4n) is 1.93. The number of aryl methyl sites for hydroxylation is 1. The second kappa shape index (κ2) is 8.20. The lowest BCUT2D eigenvalue weighted by Crippen LogP contribution is -1.99. The second-order valence-electron chi connectivity index (χ2n) is 4.63. The molecular weight excluding hydrogens is 310 g/mol. The molecule has 1 N–H and O–H groups in total. The van der Waals surface area contributed by atoms with Gasteiger partial charge in [0.05, 0.1) is 18.9 Å². The molecule has 0 aliphatic heterocycles. The highest BCUT2D eigenvalue weighted by atomic mass is 32.1. The van der Waals surface area contributed by atoms with Gasteiger partial charge in [0.25, 0.3) is 0 Å². The molecule has 0 amide bonds. The standard InChI is InChI=1S/C17H19N3O2S/c1-4-21-14-6-7-16(22-5-2)15(8-14)19-10-13(9-18)17-20-12(3)11-23-17/h6-8,10-11,19H,4-5H2,1-3H3/b13-10+. The van der Waals surface area contributed by atoms with Crippen molar-refractivity contribution in [3.05, 3.63) is 40.5 Å². The first-order chi connectivity index (χ1) is 11.2. The molecule has 0 unspecified atom stereocenters. The van der Waals surface area contributed by atoms with Crippen molar-refractivity contribution >= 4 is 22.6 Å². The van der Waals surface area contributed by atoms with Crippen LogP contribution < -0.4 is 14.8 Å². The summed E-state index contributed by atoms with van der Waals surface area (Å²) in [6.07, 6.45) is 1.64. The molecule has 23 heavy (non-hydrogen) atoms. The summed E-state index contributed by atoms with van der Waals surface area (Å²) >= 11 is 1.45. The molecule has 120 valence electrons. The topological polar surface area (TPSA) is 67.2 Å². The molecule has 6 heteroatoms. The molecule has 0 radical (unpaired) electrons. The Labute approximate surface area is 140 Å². The quantitative estimate of drug-likeness (QED) is 0.770. The Morgan fingerprint density at radius 2 is 2.13 bits per heavy atom. The van der Waals surface area contributed by atoms with Gasteiger partial charge in [0.15, 0.2) is 0 Å². The maximum absolute atomic E-state index is 9.33. The molecule has 5 nitrogen and oxygen atoms in total. The highest BCUT2D eigenvalue weighted by Gasteiger charge is 2.08. The summed E-state index contributed by atoms with van der Waals surface area (Å²) in [6, 6.07) is 7.73. The molecule has 1 heterocycles. The average Bonchev–Trinajstić information content (AvgIpc) is 2.97. The predicted molar refractivity (Wildman–Crippen MR) is 92.8 cm³/mol. The Morgan fingerprint density at radius 1 is 1.35 bits per heavy atom. The van der Waals surface area contributed by atoms with Crippen molar-refractivity contribution in [2.45, 2.75) is 20.8 Å². The number of benzene rings is 1. The van der Waals surface area contributed by atoms with Crippen molar-refractivity contribution in [2.24, 2.45) is 0 Å². The zero-order chi connectivity index (χ0) is 16.7. The van der Waals surface area contributed by atoms with Crippen LogP contribution in [0.3, 0.4) is 0 Å². The number of hydrogen-bond acceptors (Lipinski definition) is 6. The van der Waals surface area contributed by atoms with Gasteiger partial charge in [-0.1, -0.05) is 0 Å². The van der Waals surface area contributed by atoms with Crippen molar-refractivity contribution in [1.82, 2.24) is 4.98 Å². The molecule has 0 saturated carbocycles. The lowest BCUT2D eigenvalue weighted by Gasteiger charge is -2.12. The van der Waals surface area contributed by atoms with Crippen LogP contribution in [0.2, 0.25) is 0 Å². The van der Waals surface area contributed by atoms with E-state index in [1.807, 2.05) is 44.4 Å². The van der Waals surface area contributed by atoms with E-state index in [1.54, 1.807) is 6.20 Å². The van der Waals surface area contributed by atoms with E-state index in [0.29, 0.717) is 29.5 Å². The van der Waals surface area contributed by atoms with E-state index in [9.17, 15) is 5.26 Å². The summed E-state index contributed by atoms with van der Waals surface area (Å²) in [4.78, 5) is 4.33. The van der Waals surface area contributed by atoms with Gasteiger partial charge in [-0.05, 0) is 32.9 Å². The number of anilines is 1. The van der Waals surface area contributed by atoms with E-state index in [4.69, 9.17) is 9.47 Å². The van der Waals surface area contributed by atoms with Crippen LogP contribution >= 0.6 is 11.3 Å². The monoisotopic (exact) mass is 329 g/mol. The van der Waals surface area contributed by atoms with Crippen LogP contribution in [0.25, 0.3) is 5.57 Å². The summed E-state index contributed by atoms with van der Waals surface area (Å²) in [6.45, 7) is 6.91. The molecule has 0 atom stereocenters. The maximum atomic E-state index is 9.33. The highest BCUT2D eigenvalue weighted by Crippen LogP contribution is 2.30. The normalized spacial score (nSPS) is 11.0. The van der Waals surface area contributed by atoms with Gasteiger partial charge in [-0.3, -0.25) is 0 Å². The summed E-state index contributed by atoms with van der Waals surface area (Å²) in [5, 5.41) is 15.1. The first kappa shape index (κ1) is 16.8. The lowest BCUT2D eigenvalue weighted by atomic mass is 10.2. The molecule has 0 bridgehead atoms. The summed E-state index contributed by atoms with van der Waals surface area (Å²) in [5.74, 6) is 1.45.